The van der Waals surface area contributed by atoms with Gasteiger partial charge in [0.1, 0.15) is 123 Å². The van der Waals surface area contributed by atoms with Crippen LogP contribution < -0.4 is 78.7 Å². The molecule has 7 aromatic rings. The maximum atomic E-state index is 14.5. The molecule has 7 fully saturated rings. The van der Waals surface area contributed by atoms with Crippen LogP contribution in [0.2, 0.25) is 0 Å². The molecule has 7 aromatic heterocycles. The first-order valence-electron chi connectivity index (χ1n) is 41.2. The van der Waals surface area contributed by atoms with Crippen molar-refractivity contribution in [3.05, 3.63) is 228 Å². The molecule has 67 heteroatoms. The van der Waals surface area contributed by atoms with E-state index in [2.05, 4.69) is 9.97 Å². The number of phosphoric acid groups is 6. The highest BCUT2D eigenvalue weighted by Crippen LogP contribution is 2.57. The third kappa shape index (κ3) is 24.8. The topological polar surface area (TPSA) is 824 Å². The van der Waals surface area contributed by atoms with Crippen molar-refractivity contribution in [2.75, 3.05) is 46.2 Å². The quantitative estimate of drug-likeness (QED) is 0.0166. The van der Waals surface area contributed by atoms with E-state index in [0.29, 0.717) is 0 Å². The van der Waals surface area contributed by atoms with Crippen molar-refractivity contribution in [2.45, 2.75) is 222 Å². The second-order valence-corrected chi connectivity index (χ2v) is 41.0. The van der Waals surface area contributed by atoms with E-state index in [9.17, 15) is 134 Å². The van der Waals surface area contributed by atoms with Crippen LogP contribution in [0.25, 0.3) is 0 Å². The number of aromatic nitrogens is 14. The molecule has 14 rings (SSSR count). The van der Waals surface area contributed by atoms with Gasteiger partial charge in [0.05, 0.1) is 52.4 Å². The highest BCUT2D eigenvalue weighted by Gasteiger charge is 2.53. The number of nitrogens with one attached hydrogen (secondary N) is 7. The molecule has 7 aliphatic heterocycles. The molecular weight excluding hydrogens is 1970 g/mol. The van der Waals surface area contributed by atoms with E-state index in [1.807, 2.05) is 24.9 Å². The molecule has 27 atom stereocenters. The number of aromatic amines is 7. The van der Waals surface area contributed by atoms with Gasteiger partial charge in [0, 0.05) is 127 Å². The van der Waals surface area contributed by atoms with Gasteiger partial charge >= 0.3 is 86.8 Å². The normalized spacial score (nSPS) is 30.0. The Morgan fingerprint density at radius 3 is 0.584 bits per heavy atom. The second-order valence-electron chi connectivity index (χ2n) is 32.6. The molecule has 0 aliphatic carbocycles. The molecule has 15 N–H and O–H groups in total. The molecule has 7 aliphatic rings. The standard InChI is InChI=1S/C70H92N14O47P6/c1-29-15-78(64(94)71-57(29)87)50-8-36(86)44(120-50)23-113-132(101,102)127-38-10-52(80-17-31(3)59(89)73-66(80)96)122-46(38)25-115-134(105,106)129-40-12-54(82-19-33(5)61(91)75-68(82)98)124-48(40)27-117-136(109,110)131-42-14-56(84-21-35(7)63(93)77-70(84)100)125-49(42)28-118-137(111,112)130-41-13-55(83-20-34(6)62(92)76-69(83)99)123-47(41)26-116-135(107,108)128-39-11-53(81-18-32(4)60(90)74-67(81)97)121-45(39)24-114-133(103,104)126-37-9-51(119-43(37)22-85)79-16-30(2)58(88)72-65(79)95/h15-21,36-56,85-86H,8-14,22-28H2,1-7H3,(H,101,102)(H,103,104)(H,105,106)(H,107,108)(H,109,110)(H,111,112)(H,71,87,94)(H,72,88,95)(H,73,89,96)(H,74,90,97)(H,75,91,98)(H,76,92,99)(H,77,93,100)/t36-,37-,38-,39-,40-,41-,42-,43+,44+,45+,46+,47+,48+,49+,50+,51+,52+,53+,54+,55+,56+/m0/s1. The molecular formula is C70H92N14O47P6. The highest BCUT2D eigenvalue weighted by atomic mass is 31.2. The second kappa shape index (κ2) is 41.3. The van der Waals surface area contributed by atoms with E-state index >= 15 is 0 Å². The van der Waals surface area contributed by atoms with E-state index in [0.717, 1.165) is 75.3 Å². The van der Waals surface area contributed by atoms with Gasteiger partial charge in [0.25, 0.3) is 38.9 Å². The van der Waals surface area contributed by atoms with E-state index in [4.69, 9.17) is 87.4 Å². The summed E-state index contributed by atoms with van der Waals surface area (Å²) in [6.07, 6.45) is -31.6. The molecule has 0 saturated carbocycles. The Bertz CT molecular complexity index is 6970. The molecule has 6 unspecified atom stereocenters. The Morgan fingerprint density at radius 2 is 0.409 bits per heavy atom. The Labute approximate surface area is 762 Å². The summed E-state index contributed by atoms with van der Waals surface area (Å²) in [4.78, 5) is 262. The van der Waals surface area contributed by atoms with Crippen LogP contribution in [0.5, 0.6) is 0 Å². The van der Waals surface area contributed by atoms with Crippen LogP contribution >= 0.6 is 46.9 Å². The lowest BCUT2D eigenvalue weighted by Gasteiger charge is -2.26. The number of aryl methyl sites for hydroxylation is 7. The lowest BCUT2D eigenvalue weighted by molar-refractivity contribution is -0.0662. The van der Waals surface area contributed by atoms with Gasteiger partial charge in [-0.1, -0.05) is 0 Å². The number of nitrogens with zero attached hydrogens (tertiary/aromatic N) is 7. The molecule has 0 radical (unpaired) electrons. The van der Waals surface area contributed by atoms with Gasteiger partial charge in [-0.3, -0.25) is 155 Å². The van der Waals surface area contributed by atoms with Crippen LogP contribution in [0.3, 0.4) is 0 Å². The average molecular weight is 2070 g/mol. The summed E-state index contributed by atoms with van der Waals surface area (Å²) in [5.41, 5.74) is -13.4. The van der Waals surface area contributed by atoms with Gasteiger partial charge < -0.3 is 72.7 Å². The summed E-state index contributed by atoms with van der Waals surface area (Å²) in [6, 6.07) is 0. The number of hydrogen-bond donors (Lipinski definition) is 15. The van der Waals surface area contributed by atoms with Crippen molar-refractivity contribution in [1.29, 1.82) is 0 Å². The predicted octanol–water partition coefficient (Wildman–Crippen LogP) is -3.62. The highest BCUT2D eigenvalue weighted by molar-refractivity contribution is 7.48. The van der Waals surface area contributed by atoms with Gasteiger partial charge in [-0.25, -0.2) is 61.0 Å². The monoisotopic (exact) mass is 2070 g/mol. The van der Waals surface area contributed by atoms with E-state index < -0.39 is 340 Å². The van der Waals surface area contributed by atoms with Gasteiger partial charge in [-0.15, -0.1) is 0 Å². The zero-order valence-corrected chi connectivity index (χ0v) is 77.7. The Hall–Kier alpha value is -8.94. The van der Waals surface area contributed by atoms with Crippen LogP contribution in [-0.2, 0) is 115 Å². The number of rotatable bonds is 38. The summed E-state index contributed by atoms with van der Waals surface area (Å²) >= 11 is 0. The fourth-order valence-electron chi connectivity index (χ4n) is 15.7. The number of ether oxygens (including phenoxy) is 7. The minimum absolute atomic E-state index is 0.0451. The first-order valence-corrected chi connectivity index (χ1v) is 50.2. The average Bonchev–Trinajstić information content (AvgIpc) is 1.67. The summed E-state index contributed by atoms with van der Waals surface area (Å²) in [5, 5.41) is 21.0. The van der Waals surface area contributed by atoms with Crippen LogP contribution in [0, 0.1) is 48.5 Å². The first kappa shape index (κ1) is 104. The maximum Gasteiger partial charge on any atom is 0.472 e. The molecule has 0 bridgehead atoms. The van der Waals surface area contributed by atoms with Crippen molar-refractivity contribution in [3.8, 4) is 0 Å². The van der Waals surface area contributed by atoms with E-state index in [1.165, 1.54) is 48.5 Å². The lowest BCUT2D eigenvalue weighted by atomic mass is 10.2. The van der Waals surface area contributed by atoms with Gasteiger partial charge in [-0.2, -0.15) is 0 Å². The van der Waals surface area contributed by atoms with Crippen molar-refractivity contribution in [3.63, 3.8) is 0 Å². The zero-order valence-electron chi connectivity index (χ0n) is 72.4. The van der Waals surface area contributed by atoms with Gasteiger partial charge in [-0.05, 0) is 48.5 Å². The number of aliphatic hydroxyl groups excluding tert-OH is 2. The minimum Gasteiger partial charge on any atom is -0.394 e. The van der Waals surface area contributed by atoms with E-state index in [-0.39, 0.29) is 45.4 Å². The molecule has 754 valence electrons. The Kier molecular flexibility index (Phi) is 31.3. The molecule has 0 aromatic carbocycles. The maximum absolute atomic E-state index is 14.5. The Morgan fingerprint density at radius 1 is 0.263 bits per heavy atom. The number of aliphatic hydroxyl groups is 2. The van der Waals surface area contributed by atoms with Crippen LogP contribution in [0.4, 0.5) is 0 Å². The molecule has 14 heterocycles. The predicted molar refractivity (Wildman–Crippen MR) is 449 cm³/mol. The van der Waals surface area contributed by atoms with E-state index in [1.54, 1.807) is 0 Å². The first-order chi connectivity index (χ1) is 64.2. The summed E-state index contributed by atoms with van der Waals surface area (Å²) in [6.45, 7) is 1.38. The molecule has 61 nitrogen and oxygen atoms in total. The lowest BCUT2D eigenvalue weighted by Crippen LogP contribution is -2.33. The number of H-pyrrole nitrogens is 7. The van der Waals surface area contributed by atoms with Crippen LogP contribution in [0.15, 0.2) is 111 Å². The summed E-state index contributed by atoms with van der Waals surface area (Å²) in [7, 11) is -33.8. The molecule has 0 spiro atoms. The third-order valence-corrected chi connectivity index (χ3v) is 28.8. The largest absolute Gasteiger partial charge is 0.472 e. The van der Waals surface area contributed by atoms with Crippen molar-refractivity contribution in [2.24, 2.45) is 0 Å². The van der Waals surface area contributed by atoms with Crippen LogP contribution in [0.1, 0.15) is 127 Å². The van der Waals surface area contributed by atoms with Crippen molar-refractivity contribution >= 4 is 46.9 Å². The summed E-state index contributed by atoms with van der Waals surface area (Å²) in [5.74, 6) is 0. The smallest absolute Gasteiger partial charge is 0.394 e. The molecule has 137 heavy (non-hydrogen) atoms. The van der Waals surface area contributed by atoms with Crippen molar-refractivity contribution in [1.82, 2.24) is 66.9 Å². The number of phosphoric ester groups is 6. The zero-order chi connectivity index (χ0) is 99.5. The van der Waals surface area contributed by atoms with Gasteiger partial charge in [0.15, 0.2) is 0 Å². The fourth-order valence-corrected chi connectivity index (χ4v) is 21.4. The molecule has 7 saturated heterocycles. The SMILES string of the molecule is Cc1cn([C@H]2C[C@H](OP(=O)(O)OC[C@H]3O[C@@H](n4cc(C)c(=O)[nH]c4=O)C[C@@H]3OP(=O)(O)OC[C@H]3O[C@@H](n4cc(C)c(=O)[nH]c4=O)C[C@@H]3OP(=O)(O)OC[C@H]3O[C@@H](n4cc(C)c(=O)[nH]c4=O)C[C@@H]3OP(=O)(O)OC[C@H]3O[C@@H](n4cc(C)c(=O)[nH]c4=O)C[C@@H]3OP(=O)(O)OC[C@H]3O[C@@H](n4cc(C)c(=O)[nH]c4=O)C[C@@H]3OP(=O)(O)OC[C@H]3O[C@@H](n4cc(C)c(=O)[nH]c4=O)C[C@@H]3O)[C@@H](CO)O2)c(=O)[nH]c1=O. The molecule has 0 amide bonds. The third-order valence-electron chi connectivity index (χ3n) is 22.7. The summed E-state index contributed by atoms with van der Waals surface area (Å²) < 4.78 is 198. The number of hydrogen-bond acceptors (Lipinski definition) is 41. The van der Waals surface area contributed by atoms with Crippen molar-refractivity contribution < 1.29 is 154 Å². The minimum atomic E-state index is -5.79. The fraction of sp³-hybridized carbons (Fsp3) is 0.600. The Balaban J connectivity index is 0.661. The van der Waals surface area contributed by atoms with Crippen LogP contribution in [-0.4, -0.2) is 238 Å². The van der Waals surface area contributed by atoms with Gasteiger partial charge in [0.2, 0.25) is 0 Å².